The molecule has 0 aromatic carbocycles. The van der Waals surface area contributed by atoms with Crippen LogP contribution in [0.2, 0.25) is 0 Å². The quantitative estimate of drug-likeness (QED) is 0.249. The molecule has 0 bridgehead atoms. The van der Waals surface area contributed by atoms with Gasteiger partial charge in [-0.25, -0.2) is 0 Å². The molecule has 408 valence electrons. The summed E-state index contributed by atoms with van der Waals surface area (Å²) in [5.74, 6) is 1.60. The van der Waals surface area contributed by atoms with Gasteiger partial charge in [0.05, 0.1) is 25.4 Å². The van der Waals surface area contributed by atoms with Crippen molar-refractivity contribution in [2.24, 2.45) is 44.3 Å². The van der Waals surface area contributed by atoms with Gasteiger partial charge in [0.2, 0.25) is 0 Å². The van der Waals surface area contributed by atoms with Gasteiger partial charge in [0.1, 0.15) is 0 Å². The summed E-state index contributed by atoms with van der Waals surface area (Å²) in [6.07, 6.45) is 14.3. The molecule has 2 N–H and O–H groups in total. The van der Waals surface area contributed by atoms with Crippen LogP contribution in [0.3, 0.4) is 0 Å². The van der Waals surface area contributed by atoms with E-state index in [1.165, 1.54) is 103 Å². The van der Waals surface area contributed by atoms with Gasteiger partial charge in [-0.2, -0.15) is 0 Å². The summed E-state index contributed by atoms with van der Waals surface area (Å²) in [4.78, 5) is 5.04. The first-order valence-electron chi connectivity index (χ1n) is 28.2. The van der Waals surface area contributed by atoms with Crippen LogP contribution in [0.25, 0.3) is 0 Å². The second-order valence-corrected chi connectivity index (χ2v) is 30.0. The van der Waals surface area contributed by atoms with Crippen LogP contribution in [0.1, 0.15) is 230 Å². The zero-order valence-electron chi connectivity index (χ0n) is 50.5. The largest absolute Gasteiger partial charge is 0.381 e. The van der Waals surface area contributed by atoms with E-state index in [4.69, 9.17) is 18.9 Å². The van der Waals surface area contributed by atoms with E-state index in [9.17, 15) is 0 Å². The Balaban J connectivity index is 0.000000389. The van der Waals surface area contributed by atoms with Crippen molar-refractivity contribution in [2.45, 2.75) is 266 Å². The molecule has 0 spiro atoms. The van der Waals surface area contributed by atoms with Crippen LogP contribution in [-0.4, -0.2) is 124 Å². The summed E-state index contributed by atoms with van der Waals surface area (Å²) in [5.41, 5.74) is 3.45. The Bertz CT molecular complexity index is 1060. The fraction of sp³-hybridized carbons (Fsp3) is 1.00. The highest BCUT2D eigenvalue weighted by Crippen LogP contribution is 2.34. The Morgan fingerprint density at radius 1 is 0.338 bits per heavy atom. The topological polar surface area (TPSA) is 67.5 Å². The minimum Gasteiger partial charge on any atom is -0.381 e. The molecule has 68 heavy (non-hydrogen) atoms. The highest BCUT2D eigenvalue weighted by atomic mass is 16.5. The second-order valence-electron chi connectivity index (χ2n) is 30.0. The zero-order chi connectivity index (χ0) is 52.4. The van der Waals surface area contributed by atoms with Crippen molar-refractivity contribution in [1.29, 1.82) is 0 Å². The maximum atomic E-state index is 5.52. The number of likely N-dealkylation sites (tertiary alicyclic amines) is 2. The zero-order valence-corrected chi connectivity index (χ0v) is 50.5. The summed E-state index contributed by atoms with van der Waals surface area (Å²) in [6, 6.07) is 1.54. The monoisotopic (exact) mass is 965 g/mol. The molecule has 8 aliphatic rings. The Morgan fingerprint density at radius 2 is 0.735 bits per heavy atom. The van der Waals surface area contributed by atoms with Gasteiger partial charge >= 0.3 is 0 Å². The molecule has 8 heteroatoms. The lowest BCUT2D eigenvalue weighted by Gasteiger charge is -2.42. The van der Waals surface area contributed by atoms with Gasteiger partial charge in [-0.3, -0.25) is 9.80 Å². The molecule has 8 heterocycles. The van der Waals surface area contributed by atoms with E-state index in [2.05, 4.69) is 187 Å². The molecule has 8 saturated heterocycles. The van der Waals surface area contributed by atoms with E-state index in [1.807, 2.05) is 0 Å². The number of ether oxygens (including phenoxy) is 4. The lowest BCUT2D eigenvalue weighted by molar-refractivity contribution is -0.109. The Morgan fingerprint density at radius 3 is 0.853 bits per heavy atom. The average Bonchev–Trinajstić information content (AvgIpc) is 3.89. The molecule has 8 aliphatic heterocycles. The summed E-state index contributed by atoms with van der Waals surface area (Å²) < 4.78 is 21.2. The number of nitrogens with zero attached hydrogens (tertiary/aromatic N) is 2. The van der Waals surface area contributed by atoms with Crippen LogP contribution in [0.5, 0.6) is 0 Å². The first kappa shape index (κ1) is 65.7. The smallest absolute Gasteiger partial charge is 0.0645 e. The maximum Gasteiger partial charge on any atom is 0.0645 e. The number of rotatable bonds is 0. The van der Waals surface area contributed by atoms with Crippen molar-refractivity contribution in [3.05, 3.63) is 0 Å². The normalized spacial score (nSPS) is 26.9. The molecule has 0 amide bonds. The first-order chi connectivity index (χ1) is 30.8. The fourth-order valence-electron chi connectivity index (χ4n) is 8.96. The number of hydrogen-bond donors (Lipinski definition) is 2. The third-order valence-corrected chi connectivity index (χ3v) is 15.4. The third-order valence-electron chi connectivity index (χ3n) is 15.4. The van der Waals surface area contributed by atoms with Gasteiger partial charge in [-0.15, -0.1) is 0 Å². The van der Waals surface area contributed by atoms with E-state index in [0.717, 1.165) is 63.6 Å². The molecular formula is C60H124N4O4. The van der Waals surface area contributed by atoms with Crippen LogP contribution in [0.4, 0.5) is 0 Å². The average molecular weight is 966 g/mol. The van der Waals surface area contributed by atoms with Crippen molar-refractivity contribution in [3.8, 4) is 0 Å². The number of nitrogens with one attached hydrogen (secondary N) is 2. The minimum atomic E-state index is 0.358. The Labute approximate surface area is 426 Å². The van der Waals surface area contributed by atoms with Crippen molar-refractivity contribution < 1.29 is 18.9 Å². The van der Waals surface area contributed by atoms with E-state index in [0.29, 0.717) is 55.8 Å². The van der Waals surface area contributed by atoms with Gasteiger partial charge in [0.25, 0.3) is 0 Å². The van der Waals surface area contributed by atoms with Gasteiger partial charge in [0, 0.05) is 55.5 Å². The highest BCUT2D eigenvalue weighted by Gasteiger charge is 2.33. The van der Waals surface area contributed by atoms with Crippen LogP contribution in [0.15, 0.2) is 0 Å². The summed E-state index contributed by atoms with van der Waals surface area (Å²) >= 11 is 0. The lowest BCUT2D eigenvalue weighted by atomic mass is 9.80. The minimum absolute atomic E-state index is 0.358. The number of hydrogen-bond acceptors (Lipinski definition) is 8. The van der Waals surface area contributed by atoms with Crippen LogP contribution in [-0.2, 0) is 18.9 Å². The molecule has 0 saturated carbocycles. The van der Waals surface area contributed by atoms with Crippen molar-refractivity contribution in [2.75, 3.05) is 78.9 Å². The van der Waals surface area contributed by atoms with E-state index in [1.54, 1.807) is 0 Å². The predicted molar refractivity (Wildman–Crippen MR) is 297 cm³/mol. The van der Waals surface area contributed by atoms with Gasteiger partial charge in [0.15, 0.2) is 0 Å². The van der Waals surface area contributed by atoms with E-state index >= 15 is 0 Å². The van der Waals surface area contributed by atoms with Crippen LogP contribution < -0.4 is 10.6 Å². The van der Waals surface area contributed by atoms with Crippen molar-refractivity contribution >= 4 is 0 Å². The van der Waals surface area contributed by atoms with Crippen LogP contribution in [0, 0.1) is 44.3 Å². The standard InChI is InChI=1S/2C8H17N.2C8H16O.2C7H15N.2C7H14O/c1-8(2,3)9-6-4-5-7-9;1-8(2,3)7-5-4-6-9-7;1-8(2,3)7-4-5-9-6-7;1-8(2,3)7-5-4-6-9-7;1-7(2,3)8-5-4-6-8;1-7(2,3)6-4-5-8-6;1-7(2,3)6-4-8-5-6;1-7(2,3)6-4-5-8-6/h4-7H2,1-3H3;7,9H,4-6H2,1-3H3;2*7H,4-6H2,1-3H3;4-6H2,1-3H3;6,8H,4-5H2,1-3H3;2*6H,4-5H2,1-3H3. The van der Waals surface area contributed by atoms with Crippen molar-refractivity contribution in [1.82, 2.24) is 20.4 Å². The van der Waals surface area contributed by atoms with Crippen LogP contribution >= 0.6 is 0 Å². The summed E-state index contributed by atoms with van der Waals surface area (Å²) in [5, 5.41) is 6.88. The SMILES string of the molecule is CC(C)(C)C1CCCN1.CC(C)(C)C1CCCO1.CC(C)(C)C1CCN1.CC(C)(C)C1CCO1.CC(C)(C)C1CCOC1.CC(C)(C)C1COC1.CC(C)(C)N1CCC1.CC(C)(C)N1CCCC1. The Kier molecular flexibility index (Phi) is 28.0. The molecule has 8 fully saturated rings. The van der Waals surface area contributed by atoms with Gasteiger partial charge in [-0.1, -0.05) is 125 Å². The Hall–Kier alpha value is -0.320. The highest BCUT2D eigenvalue weighted by molar-refractivity contribution is 4.88. The second kappa shape index (κ2) is 28.9. The maximum absolute atomic E-state index is 5.52. The van der Waals surface area contributed by atoms with Gasteiger partial charge < -0.3 is 29.6 Å². The molecule has 0 aromatic rings. The molecule has 8 nitrogen and oxygen atoms in total. The first-order valence-corrected chi connectivity index (χ1v) is 28.2. The molecule has 0 aliphatic carbocycles. The predicted octanol–water partition coefficient (Wildman–Crippen LogP) is 14.3. The molecule has 0 radical (unpaired) electrons. The van der Waals surface area contributed by atoms with E-state index in [-0.39, 0.29) is 0 Å². The molecular weight excluding hydrogens is 841 g/mol. The van der Waals surface area contributed by atoms with Crippen molar-refractivity contribution in [3.63, 3.8) is 0 Å². The third kappa shape index (κ3) is 27.7. The molecule has 5 unspecified atom stereocenters. The molecule has 0 aromatic heterocycles. The molecule has 5 atom stereocenters. The summed E-state index contributed by atoms with van der Waals surface area (Å²) in [6.45, 7) is 68.0. The fourth-order valence-corrected chi connectivity index (χ4v) is 8.96. The lowest BCUT2D eigenvalue weighted by Crippen LogP contribution is -2.50. The summed E-state index contributed by atoms with van der Waals surface area (Å²) in [7, 11) is 0. The van der Waals surface area contributed by atoms with Gasteiger partial charge in [-0.05, 0) is 183 Å². The molecule has 8 rings (SSSR count). The van der Waals surface area contributed by atoms with E-state index < -0.39 is 0 Å².